The summed E-state index contributed by atoms with van der Waals surface area (Å²) < 4.78 is 0. The van der Waals surface area contributed by atoms with E-state index in [-0.39, 0.29) is 16.9 Å². The molecule has 2 rings (SSSR count). The lowest BCUT2D eigenvalue weighted by molar-refractivity contribution is -0.384. The minimum Gasteiger partial charge on any atom is -0.347 e. The molecule has 0 saturated carbocycles. The summed E-state index contributed by atoms with van der Waals surface area (Å²) in [5.41, 5.74) is -0.208. The molecule has 1 saturated heterocycles. The Morgan fingerprint density at radius 2 is 2.21 bits per heavy atom. The number of nitro groups is 1. The average molecular weight is 286 g/mol. The van der Waals surface area contributed by atoms with Crippen molar-refractivity contribution in [3.8, 4) is 0 Å². The molecule has 19 heavy (non-hydrogen) atoms. The number of likely N-dealkylation sites (N-methyl/N-ethyl adjacent to an activating group) is 1. The highest BCUT2D eigenvalue weighted by Crippen LogP contribution is 2.32. The quantitative estimate of drug-likeness (QED) is 0.466. The first kappa shape index (κ1) is 14.0. The van der Waals surface area contributed by atoms with Crippen LogP contribution in [0.4, 0.5) is 11.5 Å². The van der Waals surface area contributed by atoms with Crippen LogP contribution < -0.4 is 4.90 Å². The third-order valence-electron chi connectivity index (χ3n) is 3.26. The molecule has 2 heterocycles. The van der Waals surface area contributed by atoms with Crippen LogP contribution in [-0.4, -0.2) is 52.5 Å². The normalized spacial score (nSPS) is 21.2. The fourth-order valence-electron chi connectivity index (χ4n) is 2.40. The summed E-state index contributed by atoms with van der Waals surface area (Å²) in [4.78, 5) is 22.5. The molecule has 1 aromatic heterocycles. The second kappa shape index (κ2) is 5.66. The van der Waals surface area contributed by atoms with Crippen molar-refractivity contribution in [2.45, 2.75) is 19.4 Å². The van der Waals surface area contributed by atoms with Crippen molar-refractivity contribution in [1.82, 2.24) is 14.9 Å². The zero-order valence-corrected chi connectivity index (χ0v) is 11.7. The third-order valence-corrected chi connectivity index (χ3v) is 3.54. The highest BCUT2D eigenvalue weighted by Gasteiger charge is 2.30. The maximum Gasteiger partial charge on any atom is 0.348 e. The van der Waals surface area contributed by atoms with E-state index in [1.807, 2.05) is 18.9 Å². The molecular formula is C11H16ClN5O2. The summed E-state index contributed by atoms with van der Waals surface area (Å²) >= 11 is 5.83. The molecule has 1 fully saturated rings. The van der Waals surface area contributed by atoms with Crippen LogP contribution in [0.15, 0.2) is 6.33 Å². The van der Waals surface area contributed by atoms with Gasteiger partial charge in [0.2, 0.25) is 11.0 Å². The molecule has 7 nitrogen and oxygen atoms in total. The Morgan fingerprint density at radius 3 is 2.89 bits per heavy atom. The summed E-state index contributed by atoms with van der Waals surface area (Å²) in [6, 6.07) is 0.136. The van der Waals surface area contributed by atoms with Crippen molar-refractivity contribution in [2.24, 2.45) is 0 Å². The maximum atomic E-state index is 11.1. The minimum absolute atomic E-state index is 0.111. The van der Waals surface area contributed by atoms with E-state index in [2.05, 4.69) is 14.9 Å². The van der Waals surface area contributed by atoms with Gasteiger partial charge in [-0.1, -0.05) is 11.6 Å². The molecule has 0 aliphatic carbocycles. The first-order valence-corrected chi connectivity index (χ1v) is 6.48. The molecule has 104 valence electrons. The molecule has 8 heteroatoms. The molecular weight excluding hydrogens is 270 g/mol. The van der Waals surface area contributed by atoms with Gasteiger partial charge in [-0.2, -0.15) is 0 Å². The standard InChI is InChI=1S/C11H16ClN5O2/c1-8-6-15(2)4-3-5-16(8)11-9(17(18)19)10(12)13-7-14-11/h7-8H,3-6H2,1-2H3. The molecule has 0 radical (unpaired) electrons. The minimum atomic E-state index is -0.515. The number of hydrogen-bond acceptors (Lipinski definition) is 6. The van der Waals surface area contributed by atoms with Gasteiger partial charge in [0, 0.05) is 19.1 Å². The fraction of sp³-hybridized carbons (Fsp3) is 0.636. The molecule has 0 amide bonds. The first-order chi connectivity index (χ1) is 9.00. The van der Waals surface area contributed by atoms with Gasteiger partial charge in [-0.05, 0) is 26.9 Å². The van der Waals surface area contributed by atoms with Crippen LogP contribution in [-0.2, 0) is 0 Å². The molecule has 1 aromatic rings. The van der Waals surface area contributed by atoms with Crippen LogP contribution in [0.2, 0.25) is 5.15 Å². The average Bonchev–Trinajstić information content (AvgIpc) is 2.49. The molecule has 0 bridgehead atoms. The van der Waals surface area contributed by atoms with Crippen molar-refractivity contribution in [3.63, 3.8) is 0 Å². The van der Waals surface area contributed by atoms with Crippen molar-refractivity contribution >= 4 is 23.1 Å². The Kier molecular flexibility index (Phi) is 4.16. The summed E-state index contributed by atoms with van der Waals surface area (Å²) in [6.07, 6.45) is 2.20. The Morgan fingerprint density at radius 1 is 1.47 bits per heavy atom. The number of anilines is 1. The van der Waals surface area contributed by atoms with Crippen molar-refractivity contribution in [3.05, 3.63) is 21.6 Å². The topological polar surface area (TPSA) is 75.4 Å². The Bertz CT molecular complexity index is 484. The first-order valence-electron chi connectivity index (χ1n) is 6.10. The number of rotatable bonds is 2. The number of aromatic nitrogens is 2. The van der Waals surface area contributed by atoms with Gasteiger partial charge in [-0.3, -0.25) is 10.1 Å². The highest BCUT2D eigenvalue weighted by molar-refractivity contribution is 6.31. The number of nitrogens with zero attached hydrogens (tertiary/aromatic N) is 5. The van der Waals surface area contributed by atoms with E-state index in [9.17, 15) is 10.1 Å². The lowest BCUT2D eigenvalue weighted by atomic mass is 10.2. The summed E-state index contributed by atoms with van der Waals surface area (Å²) in [5.74, 6) is 0.313. The van der Waals surface area contributed by atoms with Crippen molar-refractivity contribution in [2.75, 3.05) is 31.6 Å². The van der Waals surface area contributed by atoms with Gasteiger partial charge in [0.05, 0.1) is 4.92 Å². The monoisotopic (exact) mass is 285 g/mol. The molecule has 0 aromatic carbocycles. The molecule has 0 N–H and O–H groups in total. The van der Waals surface area contributed by atoms with E-state index in [0.717, 1.165) is 26.1 Å². The zero-order valence-electron chi connectivity index (χ0n) is 10.9. The van der Waals surface area contributed by atoms with Crippen LogP contribution in [0.1, 0.15) is 13.3 Å². The van der Waals surface area contributed by atoms with Crippen LogP contribution in [0.3, 0.4) is 0 Å². The van der Waals surface area contributed by atoms with Gasteiger partial charge < -0.3 is 9.80 Å². The van der Waals surface area contributed by atoms with E-state index < -0.39 is 4.92 Å². The van der Waals surface area contributed by atoms with Crippen LogP contribution in [0, 0.1) is 10.1 Å². The summed E-state index contributed by atoms with van der Waals surface area (Å²) in [7, 11) is 2.04. The smallest absolute Gasteiger partial charge is 0.347 e. The van der Waals surface area contributed by atoms with Crippen LogP contribution in [0.5, 0.6) is 0 Å². The Hall–Kier alpha value is -1.47. The largest absolute Gasteiger partial charge is 0.348 e. The maximum absolute atomic E-state index is 11.1. The number of hydrogen-bond donors (Lipinski definition) is 0. The van der Waals surface area contributed by atoms with Gasteiger partial charge in [-0.15, -0.1) is 0 Å². The van der Waals surface area contributed by atoms with Crippen molar-refractivity contribution < 1.29 is 4.92 Å². The van der Waals surface area contributed by atoms with Crippen molar-refractivity contribution in [1.29, 1.82) is 0 Å². The van der Waals surface area contributed by atoms with E-state index in [1.165, 1.54) is 6.33 Å². The van der Waals surface area contributed by atoms with Gasteiger partial charge in [0.25, 0.3) is 0 Å². The predicted octanol–water partition coefficient (Wildman–Crippen LogP) is 1.57. The van der Waals surface area contributed by atoms with E-state index >= 15 is 0 Å². The zero-order chi connectivity index (χ0) is 14.0. The second-order valence-electron chi connectivity index (χ2n) is 4.75. The molecule has 1 atom stereocenters. The van der Waals surface area contributed by atoms with Crippen LogP contribution in [0.25, 0.3) is 0 Å². The van der Waals surface area contributed by atoms with Gasteiger partial charge >= 0.3 is 5.69 Å². The van der Waals surface area contributed by atoms with Gasteiger partial charge in [0.15, 0.2) is 0 Å². The predicted molar refractivity (Wildman–Crippen MR) is 72.6 cm³/mol. The fourth-order valence-corrected chi connectivity index (χ4v) is 2.60. The third kappa shape index (κ3) is 2.93. The molecule has 1 aliphatic heterocycles. The van der Waals surface area contributed by atoms with Gasteiger partial charge in [-0.25, -0.2) is 9.97 Å². The molecule has 0 spiro atoms. The van der Waals surface area contributed by atoms with E-state index in [1.54, 1.807) is 0 Å². The summed E-state index contributed by atoms with van der Waals surface area (Å²) in [5, 5.41) is 11.0. The number of halogens is 1. The SMILES string of the molecule is CC1CN(C)CCCN1c1ncnc(Cl)c1[N+](=O)[O-]. The van der Waals surface area contributed by atoms with E-state index in [4.69, 9.17) is 11.6 Å². The van der Waals surface area contributed by atoms with Gasteiger partial charge in [0.1, 0.15) is 6.33 Å². The molecule has 1 aliphatic rings. The lowest BCUT2D eigenvalue weighted by Crippen LogP contribution is -2.38. The molecule has 1 unspecified atom stereocenters. The second-order valence-corrected chi connectivity index (χ2v) is 5.11. The Labute approximate surface area is 116 Å². The summed E-state index contributed by atoms with van der Waals surface area (Å²) in [6.45, 7) is 4.55. The lowest BCUT2D eigenvalue weighted by Gasteiger charge is -2.28. The highest BCUT2D eigenvalue weighted by atomic mass is 35.5. The van der Waals surface area contributed by atoms with Crippen LogP contribution >= 0.6 is 11.6 Å². The Balaban J connectivity index is 2.40. The van der Waals surface area contributed by atoms with E-state index in [0.29, 0.717) is 5.82 Å².